The van der Waals surface area contributed by atoms with Gasteiger partial charge in [-0.05, 0) is 36.4 Å². The van der Waals surface area contributed by atoms with Gasteiger partial charge in [0.25, 0.3) is 0 Å². The number of amides is 1. The molecule has 0 saturated carbocycles. The molecule has 1 aromatic carbocycles. The van der Waals surface area contributed by atoms with E-state index >= 15 is 0 Å². The van der Waals surface area contributed by atoms with Gasteiger partial charge in [-0.3, -0.25) is 4.79 Å². The van der Waals surface area contributed by atoms with E-state index < -0.39 is 0 Å². The maximum absolute atomic E-state index is 12.6. The van der Waals surface area contributed by atoms with E-state index in [0.29, 0.717) is 24.5 Å². The zero-order valence-corrected chi connectivity index (χ0v) is 18.3. The van der Waals surface area contributed by atoms with Crippen LogP contribution in [0, 0.1) is 0 Å². The van der Waals surface area contributed by atoms with Crippen molar-refractivity contribution in [3.63, 3.8) is 0 Å². The lowest BCUT2D eigenvalue weighted by atomic mass is 10.1. The maximum atomic E-state index is 12.6. The Bertz CT molecular complexity index is 828. The molecular weight excluding hydrogens is 400 g/mol. The molecule has 2 aliphatic rings. The van der Waals surface area contributed by atoms with Gasteiger partial charge in [-0.15, -0.1) is 10.2 Å². The Balaban J connectivity index is 1.27. The molecule has 0 aliphatic carbocycles. The van der Waals surface area contributed by atoms with E-state index in [9.17, 15) is 4.79 Å². The molecule has 8 heteroatoms. The van der Waals surface area contributed by atoms with Gasteiger partial charge in [0, 0.05) is 57.4 Å². The van der Waals surface area contributed by atoms with Crippen LogP contribution < -0.4 is 9.80 Å². The van der Waals surface area contributed by atoms with Gasteiger partial charge in [-0.25, -0.2) is 0 Å². The Labute approximate surface area is 183 Å². The predicted octanol–water partition coefficient (Wildman–Crippen LogP) is 2.16. The van der Waals surface area contributed by atoms with Crippen LogP contribution in [-0.4, -0.2) is 84.8 Å². The van der Waals surface area contributed by atoms with E-state index in [1.165, 1.54) is 0 Å². The summed E-state index contributed by atoms with van der Waals surface area (Å²) in [6.07, 6.45) is 0.414. The first kappa shape index (κ1) is 20.9. The van der Waals surface area contributed by atoms with E-state index in [1.807, 2.05) is 29.2 Å². The van der Waals surface area contributed by atoms with Crippen molar-refractivity contribution in [2.45, 2.75) is 13.3 Å². The molecule has 30 heavy (non-hydrogen) atoms. The first-order chi connectivity index (χ1) is 14.6. The number of anilines is 2. The van der Waals surface area contributed by atoms with Crippen LogP contribution in [-0.2, 0) is 11.2 Å². The molecule has 4 rings (SSSR count). The molecule has 2 fully saturated rings. The summed E-state index contributed by atoms with van der Waals surface area (Å²) in [5, 5.41) is 9.63. The van der Waals surface area contributed by atoms with Crippen molar-refractivity contribution in [2.24, 2.45) is 0 Å². The molecule has 2 aromatic rings. The zero-order valence-electron chi connectivity index (χ0n) is 17.5. The average Bonchev–Trinajstić information content (AvgIpc) is 2.81. The van der Waals surface area contributed by atoms with E-state index in [4.69, 9.17) is 11.6 Å². The second kappa shape index (κ2) is 9.62. The van der Waals surface area contributed by atoms with Gasteiger partial charge < -0.3 is 19.6 Å². The minimum atomic E-state index is 0.157. The molecule has 0 atom stereocenters. The fourth-order valence-electron chi connectivity index (χ4n) is 4.02. The Kier molecular flexibility index (Phi) is 6.69. The number of hydrogen-bond donors (Lipinski definition) is 0. The summed E-state index contributed by atoms with van der Waals surface area (Å²) in [6.45, 7) is 10.4. The second-order valence-electron chi connectivity index (χ2n) is 7.84. The Morgan fingerprint density at radius 2 is 1.37 bits per heavy atom. The third-order valence-corrected chi connectivity index (χ3v) is 6.26. The highest BCUT2D eigenvalue weighted by molar-refractivity contribution is 6.30. The molecule has 1 aromatic heterocycles. The average molecular weight is 429 g/mol. The number of hydrogen-bond acceptors (Lipinski definition) is 6. The van der Waals surface area contributed by atoms with Crippen LogP contribution >= 0.6 is 11.6 Å². The number of carbonyl (C=O) groups excluding carboxylic acids is 1. The van der Waals surface area contributed by atoms with Crippen molar-refractivity contribution in [2.75, 3.05) is 68.7 Å². The third kappa shape index (κ3) is 5.02. The summed E-state index contributed by atoms with van der Waals surface area (Å²) >= 11 is 5.92. The lowest BCUT2D eigenvalue weighted by molar-refractivity contribution is -0.130. The molecule has 0 unspecified atom stereocenters. The van der Waals surface area contributed by atoms with Gasteiger partial charge in [0.05, 0.1) is 6.42 Å². The molecule has 2 saturated heterocycles. The number of piperazine rings is 2. The van der Waals surface area contributed by atoms with Crippen LogP contribution in [0.3, 0.4) is 0 Å². The highest BCUT2D eigenvalue weighted by Crippen LogP contribution is 2.18. The molecule has 160 valence electrons. The van der Waals surface area contributed by atoms with Crippen LogP contribution in [0.2, 0.25) is 5.02 Å². The van der Waals surface area contributed by atoms with Crippen molar-refractivity contribution in [3.8, 4) is 0 Å². The minimum Gasteiger partial charge on any atom is -0.353 e. The fourth-order valence-corrected chi connectivity index (χ4v) is 4.15. The molecule has 0 spiro atoms. The van der Waals surface area contributed by atoms with Gasteiger partial charge in [0.15, 0.2) is 11.6 Å². The molecule has 3 heterocycles. The summed E-state index contributed by atoms with van der Waals surface area (Å²) in [5.74, 6) is 1.99. The molecule has 2 aliphatic heterocycles. The molecule has 0 N–H and O–H groups in total. The van der Waals surface area contributed by atoms with Gasteiger partial charge in [0.2, 0.25) is 5.91 Å². The number of benzene rings is 1. The standard InChI is InChI=1S/C22H29ClN6O/c1-2-26-9-11-27(12-10-26)20-7-8-21(25-24-20)28-13-15-29(16-14-28)22(30)17-18-3-5-19(23)6-4-18/h3-8H,2,9-17H2,1H3. The zero-order chi connectivity index (χ0) is 20.9. The predicted molar refractivity (Wildman–Crippen MR) is 120 cm³/mol. The molecule has 0 bridgehead atoms. The number of carbonyl (C=O) groups is 1. The van der Waals surface area contributed by atoms with E-state index in [1.54, 1.807) is 0 Å². The van der Waals surface area contributed by atoms with Gasteiger partial charge in [-0.1, -0.05) is 30.7 Å². The van der Waals surface area contributed by atoms with Crippen LogP contribution in [0.4, 0.5) is 11.6 Å². The molecule has 7 nitrogen and oxygen atoms in total. The van der Waals surface area contributed by atoms with Crippen LogP contribution in [0.5, 0.6) is 0 Å². The second-order valence-corrected chi connectivity index (χ2v) is 8.28. The first-order valence-electron chi connectivity index (χ1n) is 10.7. The van der Waals surface area contributed by atoms with Crippen molar-refractivity contribution in [1.82, 2.24) is 20.0 Å². The normalized spacial score (nSPS) is 18.0. The Morgan fingerprint density at radius 3 is 1.87 bits per heavy atom. The number of rotatable bonds is 5. The van der Waals surface area contributed by atoms with Gasteiger partial charge >= 0.3 is 0 Å². The highest BCUT2D eigenvalue weighted by atomic mass is 35.5. The van der Waals surface area contributed by atoms with Gasteiger partial charge in [0.1, 0.15) is 0 Å². The SMILES string of the molecule is CCN1CCN(c2ccc(N3CCN(C(=O)Cc4ccc(Cl)cc4)CC3)nn2)CC1. The lowest BCUT2D eigenvalue weighted by Crippen LogP contribution is -2.49. The number of aromatic nitrogens is 2. The number of nitrogens with zero attached hydrogens (tertiary/aromatic N) is 6. The summed E-state index contributed by atoms with van der Waals surface area (Å²) in [7, 11) is 0. The summed E-state index contributed by atoms with van der Waals surface area (Å²) in [5.41, 5.74) is 0.994. The van der Waals surface area contributed by atoms with Gasteiger partial charge in [-0.2, -0.15) is 0 Å². The van der Waals surface area contributed by atoms with Crippen LogP contribution in [0.1, 0.15) is 12.5 Å². The van der Waals surface area contributed by atoms with Crippen molar-refractivity contribution in [1.29, 1.82) is 0 Å². The number of likely N-dealkylation sites (N-methyl/N-ethyl adjacent to an activating group) is 1. The quantitative estimate of drug-likeness (QED) is 0.727. The van der Waals surface area contributed by atoms with E-state index in [2.05, 4.69) is 44.0 Å². The topological polar surface area (TPSA) is 55.8 Å². The fraction of sp³-hybridized carbons (Fsp3) is 0.500. The smallest absolute Gasteiger partial charge is 0.227 e. The maximum Gasteiger partial charge on any atom is 0.227 e. The Morgan fingerprint density at radius 1 is 0.833 bits per heavy atom. The van der Waals surface area contributed by atoms with E-state index in [-0.39, 0.29) is 5.91 Å². The third-order valence-electron chi connectivity index (χ3n) is 6.00. The van der Waals surface area contributed by atoms with Crippen LogP contribution in [0.15, 0.2) is 36.4 Å². The van der Waals surface area contributed by atoms with E-state index in [0.717, 1.165) is 63.0 Å². The van der Waals surface area contributed by atoms with Crippen LogP contribution in [0.25, 0.3) is 0 Å². The largest absolute Gasteiger partial charge is 0.353 e. The summed E-state index contributed by atoms with van der Waals surface area (Å²) in [4.78, 5) is 21.5. The van der Waals surface area contributed by atoms with Crippen molar-refractivity contribution in [3.05, 3.63) is 47.0 Å². The minimum absolute atomic E-state index is 0.157. The molecule has 1 amide bonds. The number of halogens is 1. The lowest BCUT2D eigenvalue weighted by Gasteiger charge is -2.36. The monoisotopic (exact) mass is 428 g/mol. The summed E-state index contributed by atoms with van der Waals surface area (Å²) in [6, 6.07) is 11.6. The molecular formula is C22H29ClN6O. The Hall–Kier alpha value is -2.38. The first-order valence-corrected chi connectivity index (χ1v) is 11.1. The summed E-state index contributed by atoms with van der Waals surface area (Å²) < 4.78 is 0. The van der Waals surface area contributed by atoms with Crippen molar-refractivity contribution < 1.29 is 4.79 Å². The highest BCUT2D eigenvalue weighted by Gasteiger charge is 2.23. The molecule has 0 radical (unpaired) electrons. The van der Waals surface area contributed by atoms with Crippen molar-refractivity contribution >= 4 is 29.1 Å².